The number of ether oxygens (including phenoxy) is 1. The first kappa shape index (κ1) is 43.0. The quantitative estimate of drug-likeness (QED) is 0.122. The monoisotopic (exact) mass is 751 g/mol. The molecule has 1 heteroatoms. The molecule has 0 saturated heterocycles. The fourth-order valence-electron chi connectivity index (χ4n) is 12.5. The van der Waals surface area contributed by atoms with E-state index in [1.807, 2.05) is 0 Å². The first-order valence-electron chi connectivity index (χ1n) is 24.8. The van der Waals surface area contributed by atoms with E-state index in [4.69, 9.17) is 4.74 Å². The molecule has 0 amide bonds. The van der Waals surface area contributed by atoms with Gasteiger partial charge in [0, 0.05) is 0 Å². The van der Waals surface area contributed by atoms with E-state index in [0.717, 1.165) is 59.2 Å². The molecule has 6 rings (SSSR count). The third kappa shape index (κ3) is 13.2. The second-order valence-electron chi connectivity index (χ2n) is 20.3. The van der Waals surface area contributed by atoms with Crippen LogP contribution < -0.4 is 0 Å². The fraction of sp³-hybridized carbons (Fsp3) is 0.778. The van der Waals surface area contributed by atoms with Crippen molar-refractivity contribution >= 4 is 0 Å². The van der Waals surface area contributed by atoms with Gasteiger partial charge in [-0.2, -0.15) is 0 Å². The number of rotatable bonds is 20. The maximum absolute atomic E-state index is 6.37. The number of hydrogen-bond donors (Lipinski definition) is 0. The topological polar surface area (TPSA) is 9.23 Å². The van der Waals surface area contributed by atoms with Crippen molar-refractivity contribution in [3.05, 3.63) is 70.8 Å². The minimum Gasteiger partial charge on any atom is -0.372 e. The van der Waals surface area contributed by atoms with Crippen molar-refractivity contribution in [3.63, 3.8) is 0 Å². The molecule has 0 heterocycles. The van der Waals surface area contributed by atoms with Gasteiger partial charge < -0.3 is 4.74 Å². The fourth-order valence-corrected chi connectivity index (χ4v) is 12.5. The van der Waals surface area contributed by atoms with Crippen LogP contribution in [0.15, 0.2) is 48.5 Å². The molecule has 0 bridgehead atoms. The van der Waals surface area contributed by atoms with Gasteiger partial charge in [0.15, 0.2) is 0 Å². The minimum atomic E-state index is 0.706. The van der Waals surface area contributed by atoms with Crippen LogP contribution in [0.5, 0.6) is 0 Å². The lowest BCUT2D eigenvalue weighted by Gasteiger charge is -2.39. The molecule has 0 N–H and O–H groups in total. The minimum absolute atomic E-state index is 0.706. The Hall–Kier alpha value is -1.60. The van der Waals surface area contributed by atoms with E-state index >= 15 is 0 Å². The van der Waals surface area contributed by atoms with Crippen LogP contribution in [0.1, 0.15) is 229 Å². The van der Waals surface area contributed by atoms with Crippen molar-refractivity contribution in [2.45, 2.75) is 220 Å². The molecule has 1 nitrogen and oxygen atoms in total. The third-order valence-electron chi connectivity index (χ3n) is 16.3. The summed E-state index contributed by atoms with van der Waals surface area (Å²) in [5.41, 5.74) is 5.86. The molecular weight excluding hydrogens is 665 g/mol. The molecule has 55 heavy (non-hydrogen) atoms. The molecular formula is C54H86O. The van der Waals surface area contributed by atoms with Crippen LogP contribution >= 0.6 is 0 Å². The van der Waals surface area contributed by atoms with Crippen LogP contribution in [0.3, 0.4) is 0 Å². The molecule has 0 aliphatic heterocycles. The average Bonchev–Trinajstić information content (AvgIpc) is 3.23. The molecule has 2 atom stereocenters. The molecule has 0 aromatic heterocycles. The highest BCUT2D eigenvalue weighted by Gasteiger charge is 2.35. The number of unbranched alkanes of at least 4 members (excludes halogenated alkanes) is 6. The summed E-state index contributed by atoms with van der Waals surface area (Å²) in [6, 6.07) is 19.5. The summed E-state index contributed by atoms with van der Waals surface area (Å²) in [4.78, 5) is 0. The maximum Gasteiger partial charge on any atom is 0.0721 e. The standard InChI is InChI=1S/C54H86O/c1-5-7-9-11-13-53(51-35-31-47(32-36-51)45-23-15-41(3)16-24-45)49-27-19-43(20-28-49)39-55-40-44-21-29-50(30-22-44)54(14-12-10-8-6-2)52-37-33-48(34-38-52)46-25-17-42(4)18-26-46/h19-22,27-30,41-42,45-48,51-54H,5-18,23-26,31-40H2,1-4H3. The lowest BCUT2D eigenvalue weighted by Crippen LogP contribution is -2.27. The molecule has 2 aromatic rings. The second-order valence-corrected chi connectivity index (χ2v) is 20.3. The largest absolute Gasteiger partial charge is 0.372 e. The Labute approximate surface area is 341 Å². The molecule has 2 aromatic carbocycles. The molecule has 2 unspecified atom stereocenters. The summed E-state index contributed by atoms with van der Waals surface area (Å²) < 4.78 is 6.37. The van der Waals surface area contributed by atoms with Gasteiger partial charge in [0.25, 0.3) is 0 Å². The SMILES string of the molecule is CCCCCCC(c1ccc(COCc2ccc(C(CCCCCC)C3CCC(C4CCC(C)CC4)CC3)cc2)cc1)C1CCC(C2CCC(C)CC2)CC1. The first-order valence-corrected chi connectivity index (χ1v) is 24.8. The van der Waals surface area contributed by atoms with Gasteiger partial charge in [-0.05, 0) is 171 Å². The van der Waals surface area contributed by atoms with Gasteiger partial charge in [-0.15, -0.1) is 0 Å². The van der Waals surface area contributed by atoms with Crippen LogP contribution in [-0.4, -0.2) is 0 Å². The summed E-state index contributed by atoms with van der Waals surface area (Å²) >= 11 is 0. The third-order valence-corrected chi connectivity index (χ3v) is 16.3. The highest BCUT2D eigenvalue weighted by Crippen LogP contribution is 2.47. The second kappa shape index (κ2) is 23.1. The molecule has 4 fully saturated rings. The summed E-state index contributed by atoms with van der Waals surface area (Å²) in [6.07, 6.45) is 37.5. The van der Waals surface area contributed by atoms with Gasteiger partial charge in [-0.3, -0.25) is 0 Å². The van der Waals surface area contributed by atoms with Crippen LogP contribution in [0.25, 0.3) is 0 Å². The number of hydrogen-bond acceptors (Lipinski definition) is 1. The normalized spacial score (nSPS) is 30.2. The van der Waals surface area contributed by atoms with E-state index in [9.17, 15) is 0 Å². The Balaban J connectivity index is 0.985. The van der Waals surface area contributed by atoms with Crippen molar-refractivity contribution < 1.29 is 4.74 Å². The molecule has 4 saturated carbocycles. The predicted octanol–water partition coefficient (Wildman–Crippen LogP) is 16.8. The van der Waals surface area contributed by atoms with E-state index < -0.39 is 0 Å². The molecule has 4 aliphatic carbocycles. The predicted molar refractivity (Wildman–Crippen MR) is 238 cm³/mol. The summed E-state index contributed by atoms with van der Waals surface area (Å²) in [5.74, 6) is 9.25. The van der Waals surface area contributed by atoms with E-state index in [0.29, 0.717) is 13.2 Å². The molecule has 0 spiro atoms. The zero-order valence-electron chi connectivity index (χ0n) is 36.6. The Kier molecular flexibility index (Phi) is 18.1. The van der Waals surface area contributed by atoms with Gasteiger partial charge in [-0.25, -0.2) is 0 Å². The maximum atomic E-state index is 6.37. The molecule has 4 aliphatic rings. The van der Waals surface area contributed by atoms with Gasteiger partial charge in [-0.1, -0.05) is 153 Å². The summed E-state index contributed by atoms with van der Waals surface area (Å²) in [5, 5.41) is 0. The molecule has 0 radical (unpaired) electrons. The highest BCUT2D eigenvalue weighted by atomic mass is 16.5. The van der Waals surface area contributed by atoms with Crippen molar-refractivity contribution in [2.75, 3.05) is 0 Å². The van der Waals surface area contributed by atoms with Crippen LogP contribution in [0.4, 0.5) is 0 Å². The zero-order valence-corrected chi connectivity index (χ0v) is 36.6. The number of benzene rings is 2. The van der Waals surface area contributed by atoms with Gasteiger partial charge in [0.2, 0.25) is 0 Å². The van der Waals surface area contributed by atoms with Gasteiger partial charge in [0.05, 0.1) is 13.2 Å². The summed E-state index contributed by atoms with van der Waals surface area (Å²) in [7, 11) is 0. The first-order chi connectivity index (χ1) is 27.0. The zero-order chi connectivity index (χ0) is 38.2. The summed E-state index contributed by atoms with van der Waals surface area (Å²) in [6.45, 7) is 11.0. The lowest BCUT2D eigenvalue weighted by atomic mass is 9.66. The van der Waals surface area contributed by atoms with Crippen molar-refractivity contribution in [2.24, 2.45) is 47.3 Å². The van der Waals surface area contributed by atoms with E-state index in [1.54, 1.807) is 11.1 Å². The highest BCUT2D eigenvalue weighted by molar-refractivity contribution is 5.27. The van der Waals surface area contributed by atoms with Crippen molar-refractivity contribution in [1.82, 2.24) is 0 Å². The molecule has 308 valence electrons. The van der Waals surface area contributed by atoms with Crippen molar-refractivity contribution in [1.29, 1.82) is 0 Å². The lowest BCUT2D eigenvalue weighted by molar-refractivity contribution is 0.107. The van der Waals surface area contributed by atoms with Crippen LogP contribution in [0, 0.1) is 47.3 Å². The van der Waals surface area contributed by atoms with E-state index in [1.165, 1.54) is 178 Å². The van der Waals surface area contributed by atoms with E-state index in [2.05, 4.69) is 76.2 Å². The Morgan fingerprint density at radius 1 is 0.418 bits per heavy atom. The van der Waals surface area contributed by atoms with Gasteiger partial charge >= 0.3 is 0 Å². The van der Waals surface area contributed by atoms with Crippen molar-refractivity contribution in [3.8, 4) is 0 Å². The Morgan fingerprint density at radius 3 is 1.07 bits per heavy atom. The smallest absolute Gasteiger partial charge is 0.0721 e. The van der Waals surface area contributed by atoms with Crippen LogP contribution in [0.2, 0.25) is 0 Å². The average molecular weight is 751 g/mol. The van der Waals surface area contributed by atoms with E-state index in [-0.39, 0.29) is 0 Å². The van der Waals surface area contributed by atoms with Gasteiger partial charge in [0.1, 0.15) is 0 Å². The Bertz CT molecular complexity index is 1180. The Morgan fingerprint density at radius 2 is 0.745 bits per heavy atom. The van der Waals surface area contributed by atoms with Crippen LogP contribution in [-0.2, 0) is 18.0 Å².